The molecule has 2 fully saturated rings. The van der Waals surface area contributed by atoms with Crippen molar-refractivity contribution in [2.45, 2.75) is 81.3 Å². The molecule has 2 aromatic heterocycles. The summed E-state index contributed by atoms with van der Waals surface area (Å²) in [6.07, 6.45) is -10.1. The molecule has 5 rings (SSSR count). The lowest BCUT2D eigenvalue weighted by Crippen LogP contribution is -2.61. The van der Waals surface area contributed by atoms with Crippen LogP contribution in [0.15, 0.2) is 0 Å². The standard InChI is InChI=1S/C24H31F3N4O7/c1-30-20-14(15(29-30)11-6-8-31(10-11)9-7-24(25,26)27)12-4-2-3-5-13(12)21(28-20)38-23-18(34)16(32)17(33)19(37-23)22(35)36/h11,16-19,23,32-34H,2-10H2,1H3,(H,35,36). The van der Waals surface area contributed by atoms with Gasteiger partial charge in [0, 0.05) is 37.0 Å². The fourth-order valence-corrected chi connectivity index (χ4v) is 5.72. The van der Waals surface area contributed by atoms with Gasteiger partial charge in [0.15, 0.2) is 11.8 Å². The summed E-state index contributed by atoms with van der Waals surface area (Å²) in [5.74, 6) is -1.45. The van der Waals surface area contributed by atoms with E-state index >= 15 is 0 Å². The van der Waals surface area contributed by atoms with Gasteiger partial charge < -0.3 is 34.8 Å². The minimum absolute atomic E-state index is 0.0528. The zero-order chi connectivity index (χ0) is 27.4. The van der Waals surface area contributed by atoms with Gasteiger partial charge in [0.05, 0.1) is 12.1 Å². The maximum atomic E-state index is 12.7. The average Bonchev–Trinajstić information content (AvgIpc) is 3.47. The molecule has 4 heterocycles. The van der Waals surface area contributed by atoms with Gasteiger partial charge in [0.2, 0.25) is 12.2 Å². The molecule has 2 aliphatic heterocycles. The lowest BCUT2D eigenvalue weighted by Gasteiger charge is -2.38. The topological polar surface area (TPSA) is 150 Å². The summed E-state index contributed by atoms with van der Waals surface area (Å²) in [7, 11) is 1.71. The van der Waals surface area contributed by atoms with Crippen LogP contribution in [0.5, 0.6) is 5.88 Å². The first-order chi connectivity index (χ1) is 17.9. The van der Waals surface area contributed by atoms with E-state index in [9.17, 15) is 38.4 Å². The third-order valence-electron chi connectivity index (χ3n) is 7.69. The lowest BCUT2D eigenvalue weighted by atomic mass is 9.88. The number of rotatable bonds is 6. The minimum Gasteiger partial charge on any atom is -0.479 e. The van der Waals surface area contributed by atoms with Crippen molar-refractivity contribution in [3.05, 3.63) is 16.8 Å². The molecule has 210 valence electrons. The van der Waals surface area contributed by atoms with Crippen molar-refractivity contribution in [2.75, 3.05) is 19.6 Å². The largest absolute Gasteiger partial charge is 0.479 e. The molecule has 0 spiro atoms. The van der Waals surface area contributed by atoms with Crippen LogP contribution in [0.25, 0.3) is 11.0 Å². The van der Waals surface area contributed by atoms with Crippen LogP contribution in [-0.2, 0) is 29.4 Å². The molecule has 0 aromatic carbocycles. The number of halogens is 3. The third-order valence-corrected chi connectivity index (χ3v) is 7.69. The molecule has 2 saturated heterocycles. The number of aliphatic hydroxyl groups excluding tert-OH is 3. The number of nitrogens with zero attached hydrogens (tertiary/aromatic N) is 4. The van der Waals surface area contributed by atoms with Gasteiger partial charge in [0.25, 0.3) is 0 Å². The van der Waals surface area contributed by atoms with Crippen molar-refractivity contribution < 1.29 is 47.9 Å². The summed E-state index contributed by atoms with van der Waals surface area (Å²) in [4.78, 5) is 17.9. The van der Waals surface area contributed by atoms with Crippen LogP contribution >= 0.6 is 0 Å². The van der Waals surface area contributed by atoms with Crippen LogP contribution in [0.3, 0.4) is 0 Å². The Hall–Kier alpha value is -2.52. The first-order valence-electron chi connectivity index (χ1n) is 12.7. The van der Waals surface area contributed by atoms with Crippen LogP contribution < -0.4 is 4.74 Å². The second-order valence-corrected chi connectivity index (χ2v) is 10.3. The van der Waals surface area contributed by atoms with Crippen LogP contribution in [0.4, 0.5) is 13.2 Å². The van der Waals surface area contributed by atoms with E-state index in [1.165, 1.54) is 0 Å². The maximum absolute atomic E-state index is 12.7. The summed E-state index contributed by atoms with van der Waals surface area (Å²) in [6, 6.07) is 0. The summed E-state index contributed by atoms with van der Waals surface area (Å²) >= 11 is 0. The number of fused-ring (bicyclic) bond motifs is 3. The van der Waals surface area contributed by atoms with E-state index in [1.807, 2.05) is 0 Å². The monoisotopic (exact) mass is 544 g/mol. The first-order valence-corrected chi connectivity index (χ1v) is 12.7. The highest BCUT2D eigenvalue weighted by Crippen LogP contribution is 2.40. The van der Waals surface area contributed by atoms with Crippen LogP contribution in [0, 0.1) is 0 Å². The van der Waals surface area contributed by atoms with E-state index in [0.29, 0.717) is 38.0 Å². The number of likely N-dealkylation sites (tertiary alicyclic amines) is 1. The Bertz CT molecular complexity index is 1210. The van der Waals surface area contributed by atoms with E-state index in [-0.39, 0.29) is 18.3 Å². The van der Waals surface area contributed by atoms with Gasteiger partial charge in [0.1, 0.15) is 18.3 Å². The van der Waals surface area contributed by atoms with Gasteiger partial charge in [-0.15, -0.1) is 0 Å². The van der Waals surface area contributed by atoms with Crippen LogP contribution in [-0.4, -0.2) is 103 Å². The Balaban J connectivity index is 1.46. The number of carbonyl (C=O) groups is 1. The van der Waals surface area contributed by atoms with Crippen molar-refractivity contribution in [1.82, 2.24) is 19.7 Å². The summed E-state index contributed by atoms with van der Waals surface area (Å²) in [5, 5.41) is 45.5. The fourth-order valence-electron chi connectivity index (χ4n) is 5.72. The molecule has 14 heteroatoms. The first kappa shape index (κ1) is 27.1. The maximum Gasteiger partial charge on any atom is 0.390 e. The van der Waals surface area contributed by atoms with Gasteiger partial charge in [-0.05, 0) is 44.2 Å². The average molecular weight is 545 g/mol. The summed E-state index contributed by atoms with van der Waals surface area (Å²) in [6.45, 7) is 0.959. The van der Waals surface area contributed by atoms with Crippen molar-refractivity contribution in [3.8, 4) is 5.88 Å². The Morgan fingerprint density at radius 3 is 2.53 bits per heavy atom. The van der Waals surface area contributed by atoms with E-state index < -0.39 is 49.3 Å². The summed E-state index contributed by atoms with van der Waals surface area (Å²) in [5.41, 5.74) is 2.99. The van der Waals surface area contributed by atoms with Gasteiger partial charge in [-0.2, -0.15) is 23.3 Å². The van der Waals surface area contributed by atoms with Crippen LogP contribution in [0.1, 0.15) is 48.4 Å². The second-order valence-electron chi connectivity index (χ2n) is 10.3. The normalized spacial score (nSPS) is 30.5. The molecular formula is C24H31F3N4O7. The number of carboxylic acids is 1. The molecule has 0 bridgehead atoms. The highest BCUT2D eigenvalue weighted by Gasteiger charge is 2.48. The van der Waals surface area contributed by atoms with Gasteiger partial charge >= 0.3 is 12.1 Å². The van der Waals surface area contributed by atoms with E-state index in [0.717, 1.165) is 35.0 Å². The molecule has 0 saturated carbocycles. The van der Waals surface area contributed by atoms with Gasteiger partial charge in [-0.3, -0.25) is 4.68 Å². The van der Waals surface area contributed by atoms with E-state index in [2.05, 4.69) is 4.98 Å². The van der Waals surface area contributed by atoms with Crippen molar-refractivity contribution in [1.29, 1.82) is 0 Å². The number of pyridine rings is 1. The summed E-state index contributed by atoms with van der Waals surface area (Å²) < 4.78 is 50.9. The molecule has 3 aliphatic rings. The van der Waals surface area contributed by atoms with Crippen molar-refractivity contribution in [2.24, 2.45) is 7.05 Å². The van der Waals surface area contributed by atoms with Crippen molar-refractivity contribution in [3.63, 3.8) is 0 Å². The Kier molecular flexibility index (Phi) is 7.28. The van der Waals surface area contributed by atoms with Crippen molar-refractivity contribution >= 4 is 17.0 Å². The SMILES string of the molecule is Cn1nc(C2CCN(CCC(F)(F)F)C2)c2c3c(c(OC4OC(C(=O)O)C(O)C(O)C4O)nc21)CCCC3. The number of aromatic nitrogens is 3. The predicted octanol–water partition coefficient (Wildman–Crippen LogP) is 0.860. The molecule has 2 aromatic rings. The highest BCUT2D eigenvalue weighted by molar-refractivity contribution is 5.85. The quantitative estimate of drug-likeness (QED) is 0.412. The molecule has 38 heavy (non-hydrogen) atoms. The number of hydrogen-bond donors (Lipinski definition) is 4. The number of ether oxygens (including phenoxy) is 2. The molecule has 6 atom stereocenters. The molecule has 4 N–H and O–H groups in total. The van der Waals surface area contributed by atoms with Gasteiger partial charge in [-0.1, -0.05) is 0 Å². The van der Waals surface area contributed by atoms with E-state index in [1.54, 1.807) is 16.6 Å². The Morgan fingerprint density at radius 2 is 1.84 bits per heavy atom. The molecule has 11 nitrogen and oxygen atoms in total. The number of alkyl halides is 3. The number of carboxylic acid groups (broad SMARTS) is 1. The minimum atomic E-state index is -4.20. The fraction of sp³-hybridized carbons (Fsp3) is 0.708. The zero-order valence-electron chi connectivity index (χ0n) is 20.8. The number of hydrogen-bond acceptors (Lipinski definition) is 9. The number of aliphatic carboxylic acids is 1. The highest BCUT2D eigenvalue weighted by atomic mass is 19.4. The predicted molar refractivity (Wildman–Crippen MR) is 125 cm³/mol. The second kappa shape index (κ2) is 10.2. The number of aryl methyl sites for hydroxylation is 2. The Labute approximate surface area is 215 Å². The lowest BCUT2D eigenvalue weighted by molar-refractivity contribution is -0.271. The molecular weight excluding hydrogens is 513 g/mol. The number of aliphatic hydroxyl groups is 3. The molecule has 6 unspecified atom stereocenters. The van der Waals surface area contributed by atoms with Crippen LogP contribution in [0.2, 0.25) is 0 Å². The van der Waals surface area contributed by atoms with Gasteiger partial charge in [-0.25, -0.2) is 4.79 Å². The Morgan fingerprint density at radius 1 is 1.13 bits per heavy atom. The molecule has 1 aliphatic carbocycles. The zero-order valence-corrected chi connectivity index (χ0v) is 20.8. The van der Waals surface area contributed by atoms with E-state index in [4.69, 9.17) is 14.6 Å². The molecule has 0 radical (unpaired) electrons. The molecule has 0 amide bonds. The third kappa shape index (κ3) is 5.07. The smallest absolute Gasteiger partial charge is 0.390 e.